The van der Waals surface area contributed by atoms with Crippen LogP contribution in [0.4, 0.5) is 0 Å². The van der Waals surface area contributed by atoms with E-state index >= 15 is 0 Å². The van der Waals surface area contributed by atoms with Crippen LogP contribution in [0.1, 0.15) is 50.7 Å². The molecule has 0 spiro atoms. The number of fused-ring (bicyclic) bond motifs is 2. The van der Waals surface area contributed by atoms with Crippen molar-refractivity contribution in [3.8, 4) is 23.0 Å². The highest BCUT2D eigenvalue weighted by Crippen LogP contribution is 2.45. The van der Waals surface area contributed by atoms with Crippen molar-refractivity contribution in [2.75, 3.05) is 13.2 Å². The second-order valence-electron chi connectivity index (χ2n) is 10.0. The minimum absolute atomic E-state index is 0.508. The fourth-order valence-corrected chi connectivity index (χ4v) is 4.72. The molecule has 0 saturated heterocycles. The molecule has 0 atom stereocenters. The van der Waals surface area contributed by atoms with E-state index < -0.39 is 0 Å². The lowest BCUT2D eigenvalue weighted by atomic mass is 9.99. The van der Waals surface area contributed by atoms with E-state index in [4.69, 9.17) is 18.9 Å². The quantitative estimate of drug-likeness (QED) is 0.105. The van der Waals surface area contributed by atoms with Crippen molar-refractivity contribution in [1.29, 1.82) is 0 Å². The van der Waals surface area contributed by atoms with E-state index in [1.54, 1.807) is 0 Å². The first-order valence-electron chi connectivity index (χ1n) is 14.4. The maximum atomic E-state index is 6.49. The average molecular weight is 535 g/mol. The molecule has 0 radical (unpaired) electrons. The van der Waals surface area contributed by atoms with E-state index in [1.807, 2.05) is 48.5 Å². The van der Waals surface area contributed by atoms with Gasteiger partial charge in [-0.15, -0.1) is 0 Å². The molecule has 0 aromatic heterocycles. The van der Waals surface area contributed by atoms with Gasteiger partial charge in [-0.3, -0.25) is 0 Å². The first-order valence-corrected chi connectivity index (χ1v) is 14.4. The van der Waals surface area contributed by atoms with Crippen LogP contribution in [0.25, 0.3) is 21.5 Å². The maximum Gasteiger partial charge on any atom is 0.135 e. The van der Waals surface area contributed by atoms with Crippen LogP contribution in [-0.2, 0) is 13.2 Å². The third kappa shape index (κ3) is 6.69. The SMILES string of the molecule is CCCCOc1c2ccc(OCc3ccccc3)cc2c(OCCCC)c2ccc(OCc3ccccc3)cc12. The Morgan fingerprint density at radius 2 is 0.875 bits per heavy atom. The molecule has 0 aliphatic carbocycles. The maximum absolute atomic E-state index is 6.49. The Morgan fingerprint density at radius 3 is 1.27 bits per heavy atom. The highest BCUT2D eigenvalue weighted by molar-refractivity contribution is 6.11. The molecule has 40 heavy (non-hydrogen) atoms. The van der Waals surface area contributed by atoms with E-state index in [9.17, 15) is 0 Å². The molecule has 0 unspecified atom stereocenters. The molecular weight excluding hydrogens is 496 g/mol. The lowest BCUT2D eigenvalue weighted by Crippen LogP contribution is -2.03. The Labute approximate surface area is 237 Å². The number of hydrogen-bond acceptors (Lipinski definition) is 4. The fourth-order valence-electron chi connectivity index (χ4n) is 4.72. The Hall–Kier alpha value is -4.18. The molecular formula is C36H38O4. The summed E-state index contributed by atoms with van der Waals surface area (Å²) in [7, 11) is 0. The van der Waals surface area contributed by atoms with Gasteiger partial charge in [-0.1, -0.05) is 87.4 Å². The number of unbranched alkanes of at least 4 members (excludes halogenated alkanes) is 2. The summed E-state index contributed by atoms with van der Waals surface area (Å²) in [5, 5.41) is 4.03. The normalized spacial score (nSPS) is 11.1. The summed E-state index contributed by atoms with van der Waals surface area (Å²) in [5.41, 5.74) is 2.26. The molecule has 5 aromatic rings. The van der Waals surface area contributed by atoms with Crippen molar-refractivity contribution in [2.45, 2.75) is 52.7 Å². The van der Waals surface area contributed by atoms with E-state index in [0.29, 0.717) is 26.4 Å². The molecule has 0 aliphatic rings. The van der Waals surface area contributed by atoms with Crippen molar-refractivity contribution >= 4 is 21.5 Å². The molecule has 0 aliphatic heterocycles. The zero-order chi connectivity index (χ0) is 27.6. The van der Waals surface area contributed by atoms with Gasteiger partial charge in [-0.2, -0.15) is 0 Å². The molecule has 0 N–H and O–H groups in total. The Morgan fingerprint density at radius 1 is 0.450 bits per heavy atom. The summed E-state index contributed by atoms with van der Waals surface area (Å²) >= 11 is 0. The molecule has 5 rings (SSSR count). The van der Waals surface area contributed by atoms with Crippen LogP contribution >= 0.6 is 0 Å². The van der Waals surface area contributed by atoms with Gasteiger partial charge in [0.05, 0.1) is 13.2 Å². The molecule has 0 fully saturated rings. The second kappa shape index (κ2) is 13.7. The van der Waals surface area contributed by atoms with Crippen LogP contribution in [-0.4, -0.2) is 13.2 Å². The van der Waals surface area contributed by atoms with Crippen molar-refractivity contribution in [3.63, 3.8) is 0 Å². The van der Waals surface area contributed by atoms with Crippen molar-refractivity contribution < 1.29 is 18.9 Å². The highest BCUT2D eigenvalue weighted by Gasteiger charge is 2.18. The molecule has 0 saturated carbocycles. The van der Waals surface area contributed by atoms with Gasteiger partial charge in [-0.25, -0.2) is 0 Å². The van der Waals surface area contributed by atoms with Gasteiger partial charge in [0.2, 0.25) is 0 Å². The fraction of sp³-hybridized carbons (Fsp3) is 0.278. The lowest BCUT2D eigenvalue weighted by molar-refractivity contribution is 0.303. The summed E-state index contributed by atoms with van der Waals surface area (Å²) in [6.45, 7) is 6.67. The molecule has 4 heteroatoms. The summed E-state index contributed by atoms with van der Waals surface area (Å²) < 4.78 is 25.4. The molecule has 4 nitrogen and oxygen atoms in total. The lowest BCUT2D eigenvalue weighted by Gasteiger charge is -2.19. The van der Waals surface area contributed by atoms with E-state index in [1.165, 1.54) is 0 Å². The third-order valence-electron chi connectivity index (χ3n) is 6.95. The van der Waals surface area contributed by atoms with E-state index in [2.05, 4.69) is 62.4 Å². The minimum atomic E-state index is 0.508. The van der Waals surface area contributed by atoms with Crippen LogP contribution in [0.15, 0.2) is 97.1 Å². The van der Waals surface area contributed by atoms with Gasteiger partial charge >= 0.3 is 0 Å². The largest absolute Gasteiger partial charge is 0.492 e. The number of ether oxygens (including phenoxy) is 4. The second-order valence-corrected chi connectivity index (χ2v) is 10.0. The number of rotatable bonds is 14. The first kappa shape index (κ1) is 27.4. The van der Waals surface area contributed by atoms with E-state index in [-0.39, 0.29) is 0 Å². The topological polar surface area (TPSA) is 36.9 Å². The van der Waals surface area contributed by atoms with Crippen molar-refractivity contribution in [1.82, 2.24) is 0 Å². The monoisotopic (exact) mass is 534 g/mol. The number of hydrogen-bond donors (Lipinski definition) is 0. The van der Waals surface area contributed by atoms with Gasteiger partial charge in [0.25, 0.3) is 0 Å². The van der Waals surface area contributed by atoms with Crippen molar-refractivity contribution in [3.05, 3.63) is 108 Å². The van der Waals surface area contributed by atoms with Gasteiger partial charge < -0.3 is 18.9 Å². The van der Waals surface area contributed by atoms with Gasteiger partial charge in [0, 0.05) is 21.5 Å². The molecule has 0 bridgehead atoms. The first-order chi connectivity index (χ1) is 19.8. The summed E-state index contributed by atoms with van der Waals surface area (Å²) in [4.78, 5) is 0. The van der Waals surface area contributed by atoms with Crippen molar-refractivity contribution in [2.24, 2.45) is 0 Å². The van der Waals surface area contributed by atoms with Crippen LogP contribution in [0.2, 0.25) is 0 Å². The molecule has 206 valence electrons. The van der Waals surface area contributed by atoms with E-state index in [0.717, 1.165) is 81.4 Å². The smallest absolute Gasteiger partial charge is 0.135 e. The summed E-state index contributed by atoms with van der Waals surface area (Å²) in [6, 6.07) is 32.9. The van der Waals surface area contributed by atoms with Gasteiger partial charge in [0.15, 0.2) is 0 Å². The Balaban J connectivity index is 1.57. The standard InChI is InChI=1S/C36H38O4/c1-3-5-21-37-35-31-19-17-30(40-26-28-15-11-8-12-16-28)24-34(31)36(38-22-6-4-2)32-20-18-29(23-33(32)35)39-25-27-13-9-7-10-14-27/h7-20,23-24H,3-6,21-22,25-26H2,1-2H3. The van der Waals surface area contributed by atoms with Crippen LogP contribution < -0.4 is 18.9 Å². The molecule has 0 heterocycles. The zero-order valence-electron chi connectivity index (χ0n) is 23.5. The predicted octanol–water partition coefficient (Wildman–Crippen LogP) is 9.51. The van der Waals surface area contributed by atoms with Crippen LogP contribution in [0.5, 0.6) is 23.0 Å². The Bertz CT molecular complexity index is 1400. The summed E-state index contributed by atoms with van der Waals surface area (Å²) in [6.07, 6.45) is 4.11. The van der Waals surface area contributed by atoms with Crippen LogP contribution in [0, 0.1) is 0 Å². The highest BCUT2D eigenvalue weighted by atomic mass is 16.5. The molecule has 5 aromatic carbocycles. The van der Waals surface area contributed by atoms with Gasteiger partial charge in [0.1, 0.15) is 36.2 Å². The van der Waals surface area contributed by atoms with Gasteiger partial charge in [-0.05, 0) is 60.4 Å². The third-order valence-corrected chi connectivity index (χ3v) is 6.95. The van der Waals surface area contributed by atoms with Crippen LogP contribution in [0.3, 0.4) is 0 Å². The molecule has 0 amide bonds. The number of benzene rings is 5. The zero-order valence-corrected chi connectivity index (χ0v) is 23.5. The Kier molecular flexibility index (Phi) is 9.41. The minimum Gasteiger partial charge on any atom is -0.492 e. The predicted molar refractivity (Wildman–Crippen MR) is 164 cm³/mol. The average Bonchev–Trinajstić information content (AvgIpc) is 3.01. The summed E-state index contributed by atoms with van der Waals surface area (Å²) in [5.74, 6) is 3.33.